The summed E-state index contributed by atoms with van der Waals surface area (Å²) in [5, 5.41) is 17.0. The predicted molar refractivity (Wildman–Crippen MR) is 53.2 cm³/mol. The smallest absolute Gasteiger partial charge is 0.510 e. The lowest BCUT2D eigenvalue weighted by atomic mass is 10.2. The highest BCUT2D eigenvalue weighted by molar-refractivity contribution is 6.33. The van der Waals surface area contributed by atoms with Crippen molar-refractivity contribution in [2.75, 3.05) is 6.61 Å². The molecule has 0 aliphatic rings. The molecule has 86 valence electrons. The Labute approximate surface area is 91.6 Å². The molecule has 1 aromatic rings. The largest absolute Gasteiger partial charge is 0.707 e. The van der Waals surface area contributed by atoms with Crippen LogP contribution >= 0.6 is 0 Å². The van der Waals surface area contributed by atoms with Gasteiger partial charge < -0.3 is 19.4 Å². The quantitative estimate of drug-likeness (QED) is 0.574. The van der Waals surface area contributed by atoms with Crippen LogP contribution in [0.25, 0.3) is 0 Å². The SMILES string of the molecule is CCOC(=O)c1ccc(F)c(OB(O)O)c1. The van der Waals surface area contributed by atoms with Gasteiger partial charge in [-0.3, -0.25) is 0 Å². The first kappa shape index (κ1) is 12.5. The van der Waals surface area contributed by atoms with Gasteiger partial charge in [0.15, 0.2) is 5.82 Å². The second-order valence-corrected chi connectivity index (χ2v) is 2.81. The number of halogens is 1. The van der Waals surface area contributed by atoms with Crippen molar-refractivity contribution in [3.8, 4) is 5.75 Å². The molecule has 0 aromatic heterocycles. The van der Waals surface area contributed by atoms with Gasteiger partial charge >= 0.3 is 13.3 Å². The molecule has 0 saturated carbocycles. The fourth-order valence-corrected chi connectivity index (χ4v) is 1.05. The number of carbonyl (C=O) groups is 1. The highest BCUT2D eigenvalue weighted by Crippen LogP contribution is 2.19. The Morgan fingerprint density at radius 1 is 1.50 bits per heavy atom. The molecule has 1 rings (SSSR count). The zero-order valence-electron chi connectivity index (χ0n) is 8.51. The van der Waals surface area contributed by atoms with Crippen molar-refractivity contribution < 1.29 is 28.6 Å². The van der Waals surface area contributed by atoms with Crippen molar-refractivity contribution in [3.63, 3.8) is 0 Å². The molecular weight excluding hydrogens is 218 g/mol. The van der Waals surface area contributed by atoms with Crippen molar-refractivity contribution in [3.05, 3.63) is 29.6 Å². The molecule has 1 aromatic carbocycles. The molecule has 16 heavy (non-hydrogen) atoms. The molecule has 2 N–H and O–H groups in total. The molecule has 0 unspecified atom stereocenters. The molecule has 0 fully saturated rings. The number of hydrogen-bond acceptors (Lipinski definition) is 5. The standard InChI is InChI=1S/C9H10BFO5/c1-2-15-9(12)6-3-4-7(11)8(5-6)16-10(13)14/h3-5,13-14H,2H2,1H3. The van der Waals surface area contributed by atoms with Gasteiger partial charge in [0.05, 0.1) is 12.2 Å². The van der Waals surface area contributed by atoms with Crippen LogP contribution in [0.15, 0.2) is 18.2 Å². The van der Waals surface area contributed by atoms with Crippen LogP contribution in [0.4, 0.5) is 4.39 Å². The normalized spacial score (nSPS) is 9.75. The second-order valence-electron chi connectivity index (χ2n) is 2.81. The van der Waals surface area contributed by atoms with Crippen molar-refractivity contribution >= 4 is 13.3 Å². The zero-order chi connectivity index (χ0) is 12.1. The van der Waals surface area contributed by atoms with Gasteiger partial charge in [0, 0.05) is 0 Å². The lowest BCUT2D eigenvalue weighted by molar-refractivity contribution is 0.0525. The van der Waals surface area contributed by atoms with Gasteiger partial charge in [-0.15, -0.1) is 0 Å². The fourth-order valence-electron chi connectivity index (χ4n) is 1.05. The number of carbonyl (C=O) groups excluding carboxylic acids is 1. The van der Waals surface area contributed by atoms with Gasteiger partial charge in [-0.25, -0.2) is 9.18 Å². The Bertz CT molecular complexity index is 382. The van der Waals surface area contributed by atoms with Crippen LogP contribution in [-0.4, -0.2) is 29.9 Å². The molecule has 0 bridgehead atoms. The molecule has 5 nitrogen and oxygen atoms in total. The third-order valence-corrected chi connectivity index (χ3v) is 1.67. The van der Waals surface area contributed by atoms with Crippen LogP contribution in [0.2, 0.25) is 0 Å². The number of hydrogen-bond donors (Lipinski definition) is 2. The Kier molecular flexibility index (Phi) is 4.27. The summed E-state index contributed by atoms with van der Waals surface area (Å²) in [6.45, 7) is 1.82. The maximum atomic E-state index is 13.1. The predicted octanol–water partition coefficient (Wildman–Crippen LogP) is 0.351. The molecular formula is C9H10BFO5. The van der Waals surface area contributed by atoms with E-state index in [2.05, 4.69) is 9.39 Å². The van der Waals surface area contributed by atoms with Crippen LogP contribution < -0.4 is 4.65 Å². The second kappa shape index (κ2) is 5.48. The minimum atomic E-state index is -2.15. The van der Waals surface area contributed by atoms with Crippen LogP contribution in [0.5, 0.6) is 5.75 Å². The molecule has 0 aliphatic carbocycles. The Morgan fingerprint density at radius 2 is 2.19 bits per heavy atom. The van der Waals surface area contributed by atoms with E-state index in [9.17, 15) is 9.18 Å². The summed E-state index contributed by atoms with van der Waals surface area (Å²) in [4.78, 5) is 11.3. The summed E-state index contributed by atoms with van der Waals surface area (Å²) in [5.74, 6) is -1.87. The van der Waals surface area contributed by atoms with Crippen molar-refractivity contribution in [1.29, 1.82) is 0 Å². The highest BCUT2D eigenvalue weighted by Gasteiger charge is 2.17. The van der Waals surface area contributed by atoms with Crippen LogP contribution in [0, 0.1) is 5.82 Å². The molecule has 0 aliphatic heterocycles. The van der Waals surface area contributed by atoms with Crippen molar-refractivity contribution in [2.24, 2.45) is 0 Å². The van der Waals surface area contributed by atoms with E-state index < -0.39 is 24.9 Å². The minimum absolute atomic E-state index is 0.0684. The topological polar surface area (TPSA) is 76.0 Å². The average Bonchev–Trinajstić information content (AvgIpc) is 2.21. The van der Waals surface area contributed by atoms with Crippen molar-refractivity contribution in [2.45, 2.75) is 6.92 Å². The van der Waals surface area contributed by atoms with E-state index in [1.165, 1.54) is 6.07 Å². The monoisotopic (exact) mass is 228 g/mol. The van der Waals surface area contributed by atoms with E-state index in [4.69, 9.17) is 10.0 Å². The summed E-state index contributed by atoms with van der Waals surface area (Å²) < 4.78 is 22.1. The summed E-state index contributed by atoms with van der Waals surface area (Å²) in [7, 11) is -2.15. The molecule has 0 amide bonds. The van der Waals surface area contributed by atoms with E-state index in [-0.39, 0.29) is 12.2 Å². The number of ether oxygens (including phenoxy) is 1. The van der Waals surface area contributed by atoms with Gasteiger partial charge in [0.1, 0.15) is 5.75 Å². The molecule has 0 radical (unpaired) electrons. The summed E-state index contributed by atoms with van der Waals surface area (Å²) >= 11 is 0. The number of esters is 1. The fraction of sp³-hybridized carbons (Fsp3) is 0.222. The van der Waals surface area contributed by atoms with Gasteiger partial charge in [-0.05, 0) is 25.1 Å². The van der Waals surface area contributed by atoms with E-state index in [1.54, 1.807) is 6.92 Å². The summed E-state index contributed by atoms with van der Waals surface area (Å²) in [5.41, 5.74) is 0.0684. The number of benzene rings is 1. The van der Waals surface area contributed by atoms with Gasteiger partial charge in [-0.1, -0.05) is 0 Å². The number of rotatable bonds is 4. The molecule has 0 saturated heterocycles. The molecule has 7 heteroatoms. The zero-order valence-corrected chi connectivity index (χ0v) is 8.51. The summed E-state index contributed by atoms with van der Waals surface area (Å²) in [6, 6.07) is 3.22. The third-order valence-electron chi connectivity index (χ3n) is 1.67. The Balaban J connectivity index is 2.93. The molecule has 0 spiro atoms. The molecule has 0 atom stereocenters. The Morgan fingerprint density at radius 3 is 2.75 bits per heavy atom. The lowest BCUT2D eigenvalue weighted by Crippen LogP contribution is -2.21. The Hall–Kier alpha value is -1.60. The maximum Gasteiger partial charge on any atom is 0.707 e. The maximum absolute atomic E-state index is 13.1. The average molecular weight is 228 g/mol. The van der Waals surface area contributed by atoms with Gasteiger partial charge in [-0.2, -0.15) is 0 Å². The minimum Gasteiger partial charge on any atom is -0.510 e. The van der Waals surface area contributed by atoms with E-state index in [0.29, 0.717) is 0 Å². The van der Waals surface area contributed by atoms with E-state index in [1.807, 2.05) is 0 Å². The molecule has 0 heterocycles. The van der Waals surface area contributed by atoms with Crippen LogP contribution in [-0.2, 0) is 4.74 Å². The van der Waals surface area contributed by atoms with Crippen LogP contribution in [0.3, 0.4) is 0 Å². The van der Waals surface area contributed by atoms with Gasteiger partial charge in [0.25, 0.3) is 0 Å². The highest BCUT2D eigenvalue weighted by atomic mass is 19.1. The van der Waals surface area contributed by atoms with Crippen molar-refractivity contribution in [1.82, 2.24) is 0 Å². The van der Waals surface area contributed by atoms with E-state index >= 15 is 0 Å². The first-order chi connectivity index (χ1) is 7.54. The lowest BCUT2D eigenvalue weighted by Gasteiger charge is -2.07. The van der Waals surface area contributed by atoms with E-state index in [0.717, 1.165) is 12.1 Å². The van der Waals surface area contributed by atoms with Gasteiger partial charge in [0.2, 0.25) is 0 Å². The first-order valence-corrected chi connectivity index (χ1v) is 4.54. The van der Waals surface area contributed by atoms with Crippen LogP contribution in [0.1, 0.15) is 17.3 Å². The third kappa shape index (κ3) is 3.21. The first-order valence-electron chi connectivity index (χ1n) is 4.54. The summed E-state index contributed by atoms with van der Waals surface area (Å²) in [6.07, 6.45) is 0.